The van der Waals surface area contributed by atoms with Crippen molar-refractivity contribution in [3.05, 3.63) is 118 Å². The number of amides is 1. The summed E-state index contributed by atoms with van der Waals surface area (Å²) in [6.45, 7) is 1.33. The number of hydrogen-bond donors (Lipinski definition) is 2. The summed E-state index contributed by atoms with van der Waals surface area (Å²) in [5.41, 5.74) is 0.556. The molecule has 0 radical (unpaired) electrons. The monoisotopic (exact) mass is 557 g/mol. The Kier molecular flexibility index (Phi) is 8.16. The van der Waals surface area contributed by atoms with Gasteiger partial charge >= 0.3 is 5.69 Å². The van der Waals surface area contributed by atoms with E-state index in [4.69, 9.17) is 18.9 Å². The van der Waals surface area contributed by atoms with Crippen molar-refractivity contribution in [2.75, 3.05) is 26.1 Å². The van der Waals surface area contributed by atoms with Crippen LogP contribution in [0.2, 0.25) is 0 Å². The molecule has 10 heteroatoms. The molecule has 1 unspecified atom stereocenters. The number of rotatable bonds is 9. The number of carbonyl (C=O) groups excluding carboxylic acids is 1. The second kappa shape index (κ2) is 11.9. The fourth-order valence-corrected chi connectivity index (χ4v) is 5.03. The molecule has 1 amide bonds. The molecule has 0 aliphatic carbocycles. The van der Waals surface area contributed by atoms with E-state index in [9.17, 15) is 14.7 Å². The number of ether oxygens (including phenoxy) is 4. The lowest BCUT2D eigenvalue weighted by atomic mass is 9.79. The second-order valence-corrected chi connectivity index (χ2v) is 9.56. The third kappa shape index (κ3) is 5.58. The highest BCUT2D eigenvalue weighted by molar-refractivity contribution is 5.87. The van der Waals surface area contributed by atoms with Crippen molar-refractivity contribution in [1.29, 1.82) is 0 Å². The maximum Gasteiger partial charge on any atom is 0.351 e. The smallest absolute Gasteiger partial charge is 0.351 e. The van der Waals surface area contributed by atoms with Gasteiger partial charge in [0, 0.05) is 13.1 Å². The number of methoxy groups -OCH3 is 2. The highest BCUT2D eigenvalue weighted by atomic mass is 16.6. The standard InChI is InChI=1S/C31H31N3O7/c1-20(35)32-27-17-18-34(30(37)33-27)29-28(36)26(19-40-29)41-31(21-7-5-4-6-8-21,22-9-13-24(38-2)14-10-22)23-11-15-25(39-3)16-12-23/h4-18,26,28-29,36H,19H2,1-3H3,(H,32,33,35,37)/t26-,28?,29-/m1/s1. The van der Waals surface area contributed by atoms with Crippen LogP contribution in [-0.4, -0.2) is 53.6 Å². The van der Waals surface area contributed by atoms with E-state index < -0.39 is 29.7 Å². The van der Waals surface area contributed by atoms with Gasteiger partial charge in [-0.15, -0.1) is 0 Å². The first kappa shape index (κ1) is 28.0. The van der Waals surface area contributed by atoms with Crippen LogP contribution < -0.4 is 20.5 Å². The van der Waals surface area contributed by atoms with Crippen LogP contribution in [0.5, 0.6) is 11.5 Å². The number of aliphatic hydroxyl groups excluding tert-OH is 1. The number of anilines is 1. The predicted octanol–water partition coefficient (Wildman–Crippen LogP) is 3.49. The molecule has 2 N–H and O–H groups in total. The van der Waals surface area contributed by atoms with Crippen molar-refractivity contribution in [2.45, 2.75) is 31.0 Å². The molecule has 10 nitrogen and oxygen atoms in total. The van der Waals surface area contributed by atoms with Gasteiger partial charge < -0.3 is 29.4 Å². The van der Waals surface area contributed by atoms with Crippen LogP contribution in [0, 0.1) is 0 Å². The van der Waals surface area contributed by atoms with E-state index in [1.807, 2.05) is 78.9 Å². The van der Waals surface area contributed by atoms with Crippen LogP contribution in [-0.2, 0) is 19.9 Å². The summed E-state index contributed by atoms with van der Waals surface area (Å²) in [6, 6.07) is 26.3. The molecule has 0 spiro atoms. The van der Waals surface area contributed by atoms with E-state index in [-0.39, 0.29) is 18.3 Å². The number of aliphatic hydroxyl groups is 1. The van der Waals surface area contributed by atoms with Crippen molar-refractivity contribution in [2.24, 2.45) is 0 Å². The van der Waals surface area contributed by atoms with Crippen LogP contribution in [0.15, 0.2) is 95.9 Å². The Balaban J connectivity index is 1.57. The molecule has 0 bridgehead atoms. The normalized spacial score (nSPS) is 18.6. The number of carbonyl (C=O) groups is 1. The maximum absolute atomic E-state index is 12.8. The summed E-state index contributed by atoms with van der Waals surface area (Å²) >= 11 is 0. The summed E-state index contributed by atoms with van der Waals surface area (Å²) in [7, 11) is 3.20. The zero-order valence-electron chi connectivity index (χ0n) is 22.9. The Morgan fingerprint density at radius 2 is 1.49 bits per heavy atom. The largest absolute Gasteiger partial charge is 0.497 e. The molecule has 1 aliphatic rings. The molecule has 1 saturated heterocycles. The quantitative estimate of drug-likeness (QED) is 0.300. The Labute approximate surface area is 237 Å². The van der Waals surface area contributed by atoms with Gasteiger partial charge in [0.05, 0.1) is 20.8 Å². The Morgan fingerprint density at radius 1 is 0.927 bits per heavy atom. The zero-order chi connectivity index (χ0) is 29.0. The van der Waals surface area contributed by atoms with Crippen LogP contribution in [0.25, 0.3) is 0 Å². The molecular formula is C31H31N3O7. The van der Waals surface area contributed by atoms with Crippen molar-refractivity contribution >= 4 is 11.7 Å². The maximum atomic E-state index is 12.8. The van der Waals surface area contributed by atoms with Gasteiger partial charge in [0.15, 0.2) is 6.23 Å². The lowest BCUT2D eigenvalue weighted by Gasteiger charge is -2.38. The van der Waals surface area contributed by atoms with Gasteiger partial charge in [-0.25, -0.2) is 4.79 Å². The molecule has 1 fully saturated rings. The number of aromatic nitrogens is 2. The molecule has 0 saturated carbocycles. The highest BCUT2D eigenvalue weighted by Crippen LogP contribution is 2.44. The summed E-state index contributed by atoms with van der Waals surface area (Å²) in [5, 5.41) is 13.9. The van der Waals surface area contributed by atoms with Gasteiger partial charge in [-0.2, -0.15) is 4.98 Å². The first-order valence-corrected chi connectivity index (χ1v) is 13.0. The topological polar surface area (TPSA) is 121 Å². The summed E-state index contributed by atoms with van der Waals surface area (Å²) in [6.07, 6.45) is -1.69. The van der Waals surface area contributed by atoms with Crippen molar-refractivity contribution in [3.8, 4) is 11.5 Å². The number of hydrogen-bond acceptors (Lipinski definition) is 8. The van der Waals surface area contributed by atoms with E-state index in [0.29, 0.717) is 11.5 Å². The molecule has 3 aromatic carbocycles. The zero-order valence-corrected chi connectivity index (χ0v) is 22.9. The molecule has 212 valence electrons. The summed E-state index contributed by atoms with van der Waals surface area (Å²) in [4.78, 5) is 28.0. The van der Waals surface area contributed by atoms with E-state index >= 15 is 0 Å². The van der Waals surface area contributed by atoms with Gasteiger partial charge in [-0.1, -0.05) is 54.6 Å². The SMILES string of the molecule is COc1ccc(C(O[C@@H]2CO[C@@H](n3ccc(NC(C)=O)nc3=O)C2O)(c2ccccc2)c2ccc(OC)cc2)cc1. The minimum absolute atomic E-state index is 0.00656. The average molecular weight is 558 g/mol. The third-order valence-electron chi connectivity index (χ3n) is 7.01. The summed E-state index contributed by atoms with van der Waals surface area (Å²) < 4.78 is 24.8. The lowest BCUT2D eigenvalue weighted by molar-refractivity contribution is -0.114. The first-order chi connectivity index (χ1) is 19.8. The molecule has 1 aromatic heterocycles. The van der Waals surface area contributed by atoms with E-state index in [1.54, 1.807) is 14.2 Å². The van der Waals surface area contributed by atoms with Gasteiger partial charge in [0.25, 0.3) is 0 Å². The number of nitrogens with zero attached hydrogens (tertiary/aromatic N) is 2. The molecule has 5 rings (SSSR count). The van der Waals surface area contributed by atoms with Gasteiger partial charge in [-0.05, 0) is 47.0 Å². The minimum Gasteiger partial charge on any atom is -0.497 e. The van der Waals surface area contributed by atoms with Gasteiger partial charge in [-0.3, -0.25) is 9.36 Å². The molecule has 2 heterocycles. The lowest BCUT2D eigenvalue weighted by Crippen LogP contribution is -2.42. The number of benzene rings is 3. The van der Waals surface area contributed by atoms with Crippen molar-refractivity contribution in [1.82, 2.24) is 9.55 Å². The number of nitrogens with one attached hydrogen (secondary N) is 1. The van der Waals surface area contributed by atoms with Gasteiger partial charge in [0.1, 0.15) is 35.1 Å². The highest BCUT2D eigenvalue weighted by Gasteiger charge is 2.46. The molecular weight excluding hydrogens is 526 g/mol. The summed E-state index contributed by atoms with van der Waals surface area (Å²) in [5.74, 6) is 1.13. The average Bonchev–Trinajstić information content (AvgIpc) is 3.35. The predicted molar refractivity (Wildman–Crippen MR) is 151 cm³/mol. The van der Waals surface area contributed by atoms with Crippen LogP contribution >= 0.6 is 0 Å². The second-order valence-electron chi connectivity index (χ2n) is 9.56. The molecule has 41 heavy (non-hydrogen) atoms. The fourth-order valence-electron chi connectivity index (χ4n) is 5.03. The van der Waals surface area contributed by atoms with Crippen molar-refractivity contribution < 1.29 is 28.8 Å². The van der Waals surface area contributed by atoms with E-state index in [1.165, 1.54) is 23.8 Å². The third-order valence-corrected chi connectivity index (χ3v) is 7.01. The van der Waals surface area contributed by atoms with Gasteiger partial charge in [0.2, 0.25) is 5.91 Å². The minimum atomic E-state index is -1.22. The fraction of sp³-hybridized carbons (Fsp3) is 0.258. The Morgan fingerprint density at radius 3 is 2.00 bits per heavy atom. The van der Waals surface area contributed by atoms with Crippen LogP contribution in [0.4, 0.5) is 5.82 Å². The molecule has 3 atom stereocenters. The molecule has 1 aliphatic heterocycles. The Bertz CT molecular complexity index is 1490. The Hall–Kier alpha value is -4.51. The molecule has 4 aromatic rings. The van der Waals surface area contributed by atoms with Crippen LogP contribution in [0.3, 0.4) is 0 Å². The van der Waals surface area contributed by atoms with E-state index in [2.05, 4.69) is 10.3 Å². The van der Waals surface area contributed by atoms with Crippen LogP contribution in [0.1, 0.15) is 29.8 Å². The first-order valence-electron chi connectivity index (χ1n) is 13.0. The van der Waals surface area contributed by atoms with E-state index in [0.717, 1.165) is 16.7 Å². The van der Waals surface area contributed by atoms with Crippen molar-refractivity contribution in [3.63, 3.8) is 0 Å².